The summed E-state index contributed by atoms with van der Waals surface area (Å²) in [5, 5.41) is 24.3. The van der Waals surface area contributed by atoms with Gasteiger partial charge in [0.25, 0.3) is 5.69 Å². The number of nitro groups is 1. The molecule has 2 rings (SSSR count). The Labute approximate surface area is 147 Å². The van der Waals surface area contributed by atoms with Crippen molar-refractivity contribution in [2.75, 3.05) is 0 Å². The number of amides is 1. The molecule has 0 aliphatic heterocycles. The molecule has 136 valence electrons. The van der Waals surface area contributed by atoms with Gasteiger partial charge < -0.3 is 5.11 Å². The standard InChI is InChI=1S/C18H25N3O4/c1-18(2,3)14-6-4-12(5-7-14)17(23)20-19-11-13-10-15(21(24)25)8-9-16(13)22/h8-12,14,22H,4-7H2,1-3H3,(H,20,23)/b19-11-. The fraction of sp³-hybridized carbons (Fsp3) is 0.556. The normalized spacial score (nSPS) is 21.2. The fourth-order valence-electron chi connectivity index (χ4n) is 3.24. The van der Waals surface area contributed by atoms with Crippen LogP contribution in [0.5, 0.6) is 5.75 Å². The number of carbonyl (C=O) groups is 1. The van der Waals surface area contributed by atoms with Crippen molar-refractivity contribution < 1.29 is 14.8 Å². The Bertz CT molecular complexity index is 671. The second kappa shape index (κ2) is 7.63. The van der Waals surface area contributed by atoms with Crippen LogP contribution in [0.15, 0.2) is 23.3 Å². The van der Waals surface area contributed by atoms with E-state index in [1.54, 1.807) is 0 Å². The van der Waals surface area contributed by atoms with Crippen LogP contribution in [0.3, 0.4) is 0 Å². The number of benzene rings is 1. The van der Waals surface area contributed by atoms with Crippen LogP contribution in [0.1, 0.15) is 52.0 Å². The van der Waals surface area contributed by atoms with E-state index < -0.39 is 4.92 Å². The first kappa shape index (κ1) is 18.9. The highest BCUT2D eigenvalue weighted by Crippen LogP contribution is 2.39. The number of carbonyl (C=O) groups excluding carboxylic acids is 1. The first-order valence-electron chi connectivity index (χ1n) is 8.49. The highest BCUT2D eigenvalue weighted by molar-refractivity contribution is 5.86. The maximum Gasteiger partial charge on any atom is 0.270 e. The summed E-state index contributed by atoms with van der Waals surface area (Å²) >= 11 is 0. The maximum atomic E-state index is 12.2. The first-order valence-corrected chi connectivity index (χ1v) is 8.49. The Morgan fingerprint density at radius 2 is 1.96 bits per heavy atom. The molecule has 2 N–H and O–H groups in total. The maximum absolute atomic E-state index is 12.2. The van der Waals surface area contributed by atoms with Crippen LogP contribution in [0.25, 0.3) is 0 Å². The van der Waals surface area contributed by atoms with Crippen LogP contribution in [0.2, 0.25) is 0 Å². The molecule has 0 aromatic heterocycles. The van der Waals surface area contributed by atoms with Crippen LogP contribution in [0.4, 0.5) is 5.69 Å². The van der Waals surface area contributed by atoms with Gasteiger partial charge in [-0.3, -0.25) is 14.9 Å². The van der Waals surface area contributed by atoms with Crippen molar-refractivity contribution >= 4 is 17.8 Å². The van der Waals surface area contributed by atoms with E-state index in [1.165, 1.54) is 24.4 Å². The lowest BCUT2D eigenvalue weighted by atomic mass is 9.70. The lowest BCUT2D eigenvalue weighted by Crippen LogP contribution is -2.33. The molecule has 0 unspecified atom stereocenters. The molecular formula is C18H25N3O4. The molecule has 0 saturated heterocycles. The number of aromatic hydroxyl groups is 1. The van der Waals surface area contributed by atoms with Crippen LogP contribution in [0, 0.1) is 27.4 Å². The summed E-state index contributed by atoms with van der Waals surface area (Å²) in [6.45, 7) is 6.69. The summed E-state index contributed by atoms with van der Waals surface area (Å²) in [5.74, 6) is 0.291. The van der Waals surface area contributed by atoms with E-state index in [2.05, 4.69) is 31.3 Å². The number of phenols is 1. The monoisotopic (exact) mass is 347 g/mol. The van der Waals surface area contributed by atoms with Crippen molar-refractivity contribution in [2.24, 2.45) is 22.4 Å². The minimum Gasteiger partial charge on any atom is -0.507 e. The number of rotatable bonds is 4. The zero-order chi connectivity index (χ0) is 18.6. The molecule has 0 radical (unpaired) electrons. The number of hydrogen-bond donors (Lipinski definition) is 2. The van der Waals surface area contributed by atoms with Crippen LogP contribution >= 0.6 is 0 Å². The minimum atomic E-state index is -0.553. The molecule has 1 aromatic rings. The minimum absolute atomic E-state index is 0.0607. The number of nitro benzene ring substituents is 1. The Hall–Kier alpha value is -2.44. The highest BCUT2D eigenvalue weighted by Gasteiger charge is 2.32. The third kappa shape index (κ3) is 5.01. The predicted octanol–water partition coefficient (Wildman–Crippen LogP) is 3.60. The summed E-state index contributed by atoms with van der Waals surface area (Å²) < 4.78 is 0. The second-order valence-electron chi connectivity index (χ2n) is 7.65. The van der Waals surface area contributed by atoms with Crippen molar-refractivity contribution in [3.8, 4) is 5.75 Å². The Balaban J connectivity index is 1.91. The lowest BCUT2D eigenvalue weighted by molar-refractivity contribution is -0.384. The van der Waals surface area contributed by atoms with Crippen LogP contribution < -0.4 is 5.43 Å². The van der Waals surface area contributed by atoms with Crippen molar-refractivity contribution in [1.29, 1.82) is 0 Å². The molecule has 25 heavy (non-hydrogen) atoms. The molecule has 1 aliphatic rings. The van der Waals surface area contributed by atoms with Gasteiger partial charge in [0.15, 0.2) is 0 Å². The van der Waals surface area contributed by atoms with Crippen LogP contribution in [-0.2, 0) is 4.79 Å². The van der Waals surface area contributed by atoms with Crippen molar-refractivity contribution in [2.45, 2.75) is 46.5 Å². The summed E-state index contributed by atoms with van der Waals surface area (Å²) in [4.78, 5) is 22.4. The zero-order valence-corrected chi connectivity index (χ0v) is 14.9. The number of hydrazone groups is 1. The molecule has 1 aliphatic carbocycles. The smallest absolute Gasteiger partial charge is 0.270 e. The van der Waals surface area contributed by atoms with E-state index in [0.717, 1.165) is 25.7 Å². The van der Waals surface area contributed by atoms with Crippen molar-refractivity contribution in [3.05, 3.63) is 33.9 Å². The van der Waals surface area contributed by atoms with E-state index in [9.17, 15) is 20.0 Å². The van der Waals surface area contributed by atoms with Gasteiger partial charge >= 0.3 is 0 Å². The summed E-state index contributed by atoms with van der Waals surface area (Å²) in [6.07, 6.45) is 4.95. The third-order valence-electron chi connectivity index (χ3n) is 4.92. The Morgan fingerprint density at radius 3 is 2.52 bits per heavy atom. The van der Waals surface area contributed by atoms with Gasteiger partial charge in [0.2, 0.25) is 5.91 Å². The third-order valence-corrected chi connectivity index (χ3v) is 4.92. The summed E-state index contributed by atoms with van der Waals surface area (Å²) in [6, 6.07) is 3.65. The quantitative estimate of drug-likeness (QED) is 0.493. The van der Waals surface area contributed by atoms with Crippen LogP contribution in [-0.4, -0.2) is 22.2 Å². The zero-order valence-electron chi connectivity index (χ0n) is 14.9. The lowest BCUT2D eigenvalue weighted by Gasteiger charge is -2.36. The van der Waals surface area contributed by atoms with E-state index in [4.69, 9.17) is 0 Å². The van der Waals surface area contributed by atoms with Gasteiger partial charge in [0.1, 0.15) is 5.75 Å². The van der Waals surface area contributed by atoms with Crippen molar-refractivity contribution in [1.82, 2.24) is 5.43 Å². The Morgan fingerprint density at radius 1 is 1.32 bits per heavy atom. The van der Waals surface area contributed by atoms with E-state index in [1.807, 2.05) is 0 Å². The Kier molecular flexibility index (Phi) is 5.77. The van der Waals surface area contributed by atoms with Crippen molar-refractivity contribution in [3.63, 3.8) is 0 Å². The van der Waals surface area contributed by atoms with Gasteiger partial charge in [0.05, 0.1) is 11.1 Å². The molecular weight excluding hydrogens is 322 g/mol. The SMILES string of the molecule is CC(C)(C)C1CCC(C(=O)N/N=C\c2cc([N+](=O)[O-])ccc2O)CC1. The molecule has 1 fully saturated rings. The van der Waals surface area contributed by atoms with Gasteiger partial charge in [-0.1, -0.05) is 20.8 Å². The topological polar surface area (TPSA) is 105 Å². The van der Waals surface area contributed by atoms with E-state index in [0.29, 0.717) is 5.92 Å². The number of nitrogens with zero attached hydrogens (tertiary/aromatic N) is 2. The highest BCUT2D eigenvalue weighted by atomic mass is 16.6. The van der Waals surface area contributed by atoms with Gasteiger partial charge in [-0.15, -0.1) is 0 Å². The second-order valence-corrected chi connectivity index (χ2v) is 7.65. The van der Waals surface area contributed by atoms with E-state index >= 15 is 0 Å². The molecule has 1 aromatic carbocycles. The molecule has 0 bridgehead atoms. The van der Waals surface area contributed by atoms with E-state index in [-0.39, 0.29) is 34.2 Å². The number of hydrogen-bond acceptors (Lipinski definition) is 5. The molecule has 0 spiro atoms. The predicted molar refractivity (Wildman–Crippen MR) is 95.4 cm³/mol. The average molecular weight is 347 g/mol. The molecule has 7 nitrogen and oxygen atoms in total. The number of nitrogens with one attached hydrogen (secondary N) is 1. The average Bonchev–Trinajstić information content (AvgIpc) is 2.55. The summed E-state index contributed by atoms with van der Waals surface area (Å²) in [7, 11) is 0. The molecule has 1 saturated carbocycles. The first-order chi connectivity index (χ1) is 11.7. The van der Waals surface area contributed by atoms with Gasteiger partial charge in [0, 0.05) is 23.6 Å². The fourth-order valence-corrected chi connectivity index (χ4v) is 3.24. The molecule has 0 heterocycles. The largest absolute Gasteiger partial charge is 0.507 e. The number of phenolic OH excluding ortho intramolecular Hbond substituents is 1. The summed E-state index contributed by atoms with van der Waals surface area (Å²) in [5.41, 5.74) is 2.78. The molecule has 1 amide bonds. The van der Waals surface area contributed by atoms with Gasteiger partial charge in [-0.05, 0) is 43.1 Å². The van der Waals surface area contributed by atoms with Gasteiger partial charge in [-0.25, -0.2) is 5.43 Å². The molecule has 7 heteroatoms. The van der Waals surface area contributed by atoms with Gasteiger partial charge in [-0.2, -0.15) is 5.10 Å². The number of non-ortho nitro benzene ring substituents is 1. The molecule has 0 atom stereocenters.